The maximum atomic E-state index is 13.3. The van der Waals surface area contributed by atoms with Gasteiger partial charge in [0.05, 0.1) is 5.57 Å². The quantitative estimate of drug-likeness (QED) is 0.702. The van der Waals surface area contributed by atoms with Gasteiger partial charge in [0.1, 0.15) is 5.76 Å². The fourth-order valence-corrected chi connectivity index (χ4v) is 5.86. The third-order valence-electron chi connectivity index (χ3n) is 6.98. The Hall–Kier alpha value is -2.06. The van der Waals surface area contributed by atoms with Crippen LogP contribution in [0.2, 0.25) is 5.02 Å². The van der Waals surface area contributed by atoms with Crippen LogP contribution in [0.3, 0.4) is 0 Å². The van der Waals surface area contributed by atoms with E-state index in [0.29, 0.717) is 28.2 Å². The minimum atomic E-state index is 0.0163. The number of aliphatic hydroxyl groups is 1. The van der Waals surface area contributed by atoms with Crippen LogP contribution in [0.25, 0.3) is 16.7 Å². The second-order valence-electron chi connectivity index (χ2n) is 8.24. The van der Waals surface area contributed by atoms with Crippen LogP contribution in [0, 0.1) is 23.7 Å². The molecule has 3 aliphatic rings. The zero-order valence-electron chi connectivity index (χ0n) is 15.4. The lowest BCUT2D eigenvalue weighted by Crippen LogP contribution is -2.24. The zero-order valence-corrected chi connectivity index (χ0v) is 16.2. The molecule has 0 saturated heterocycles. The molecule has 0 heterocycles. The summed E-state index contributed by atoms with van der Waals surface area (Å²) in [6, 6.07) is 14.0. The Kier molecular flexibility index (Phi) is 3.94. The number of hydrogen-bond acceptors (Lipinski definition) is 2. The fraction of sp³-hybridized carbons (Fsp3) is 0.375. The van der Waals surface area contributed by atoms with E-state index in [1.54, 1.807) is 0 Å². The first-order valence-corrected chi connectivity index (χ1v) is 10.3. The summed E-state index contributed by atoms with van der Waals surface area (Å²) in [5.41, 5.74) is 4.74. The van der Waals surface area contributed by atoms with Crippen molar-refractivity contribution in [3.05, 3.63) is 64.4 Å². The van der Waals surface area contributed by atoms with Crippen LogP contribution in [0.5, 0.6) is 0 Å². The molecule has 2 nitrogen and oxygen atoms in total. The Balaban J connectivity index is 1.63. The molecule has 2 fully saturated rings. The van der Waals surface area contributed by atoms with Gasteiger partial charge in [0.15, 0.2) is 5.78 Å². The number of benzene rings is 2. The lowest BCUT2D eigenvalue weighted by Gasteiger charge is -2.23. The largest absolute Gasteiger partial charge is 0.511 e. The standard InChI is InChI=1S/C24H23ClO2/c1-2-13-3-4-15(14-7-9-18(25)10-8-14)12-19(13)22-23(26)20-16-5-6-17(11-16)21(20)24(22)27/h3-4,7-10,12,16-17,20-21,26H,2,5-6,11H2,1H3/t16-,17+,20-,21+/m0/s1. The highest BCUT2D eigenvalue weighted by Crippen LogP contribution is 2.60. The molecular formula is C24H23ClO2. The van der Waals surface area contributed by atoms with E-state index in [-0.39, 0.29) is 17.6 Å². The number of aliphatic hydroxyl groups excluding tert-OH is 1. The molecule has 0 unspecified atom stereocenters. The van der Waals surface area contributed by atoms with Crippen LogP contribution in [0.4, 0.5) is 0 Å². The van der Waals surface area contributed by atoms with Gasteiger partial charge in [0.2, 0.25) is 0 Å². The molecule has 0 radical (unpaired) electrons. The molecule has 0 amide bonds. The number of allylic oxidation sites excluding steroid dienone is 2. The normalized spacial score (nSPS) is 28.9. The van der Waals surface area contributed by atoms with Gasteiger partial charge in [0.25, 0.3) is 0 Å². The van der Waals surface area contributed by atoms with Crippen LogP contribution in [-0.2, 0) is 11.2 Å². The third-order valence-corrected chi connectivity index (χ3v) is 7.23. The second kappa shape index (κ2) is 6.24. The van der Waals surface area contributed by atoms with Crippen LogP contribution in [0.15, 0.2) is 48.2 Å². The van der Waals surface area contributed by atoms with E-state index < -0.39 is 0 Å². The molecule has 0 aliphatic heterocycles. The summed E-state index contributed by atoms with van der Waals surface area (Å²) >= 11 is 6.02. The summed E-state index contributed by atoms with van der Waals surface area (Å²) in [7, 11) is 0. The average molecular weight is 379 g/mol. The molecular weight excluding hydrogens is 356 g/mol. The van der Waals surface area contributed by atoms with Crippen molar-refractivity contribution < 1.29 is 9.90 Å². The van der Waals surface area contributed by atoms with E-state index in [0.717, 1.165) is 47.9 Å². The van der Waals surface area contributed by atoms with Gasteiger partial charge in [-0.15, -0.1) is 0 Å². The first-order chi connectivity index (χ1) is 13.1. The average Bonchev–Trinajstić information content (AvgIpc) is 3.36. The van der Waals surface area contributed by atoms with E-state index in [2.05, 4.69) is 25.1 Å². The van der Waals surface area contributed by atoms with Crippen molar-refractivity contribution in [3.8, 4) is 11.1 Å². The number of hydrogen-bond donors (Lipinski definition) is 1. The number of Topliss-reactive ketones (excluding diaryl/α,β-unsaturated/α-hetero) is 1. The van der Waals surface area contributed by atoms with Gasteiger partial charge in [-0.05, 0) is 78.0 Å². The molecule has 3 aliphatic carbocycles. The van der Waals surface area contributed by atoms with Crippen LogP contribution >= 0.6 is 11.6 Å². The lowest BCUT2D eigenvalue weighted by atomic mass is 9.80. The fourth-order valence-electron chi connectivity index (χ4n) is 5.73. The molecule has 2 bridgehead atoms. The molecule has 4 atom stereocenters. The number of carbonyl (C=O) groups is 1. The second-order valence-corrected chi connectivity index (χ2v) is 8.68. The maximum absolute atomic E-state index is 13.3. The van der Waals surface area contributed by atoms with Gasteiger partial charge in [0, 0.05) is 16.9 Å². The molecule has 3 heteroatoms. The number of aryl methyl sites for hydroxylation is 1. The Morgan fingerprint density at radius 2 is 1.67 bits per heavy atom. The van der Waals surface area contributed by atoms with E-state index in [1.165, 1.54) is 0 Å². The van der Waals surface area contributed by atoms with Gasteiger partial charge >= 0.3 is 0 Å². The summed E-state index contributed by atoms with van der Waals surface area (Å²) < 4.78 is 0. The minimum Gasteiger partial charge on any atom is -0.511 e. The highest BCUT2D eigenvalue weighted by molar-refractivity contribution is 6.30. The molecule has 27 heavy (non-hydrogen) atoms. The van der Waals surface area contributed by atoms with Crippen molar-refractivity contribution >= 4 is 23.0 Å². The van der Waals surface area contributed by atoms with Crippen LogP contribution < -0.4 is 0 Å². The Morgan fingerprint density at radius 1 is 1.00 bits per heavy atom. The predicted octanol–water partition coefficient (Wildman–Crippen LogP) is 6.08. The first-order valence-electron chi connectivity index (χ1n) is 9.95. The topological polar surface area (TPSA) is 37.3 Å². The number of halogens is 1. The monoisotopic (exact) mass is 378 g/mol. The number of ketones is 1. The number of carbonyl (C=O) groups excluding carboxylic acids is 1. The van der Waals surface area contributed by atoms with Crippen LogP contribution in [-0.4, -0.2) is 10.9 Å². The molecule has 0 aromatic heterocycles. The van der Waals surface area contributed by atoms with E-state index in [1.807, 2.05) is 24.3 Å². The lowest BCUT2D eigenvalue weighted by molar-refractivity contribution is -0.118. The first kappa shape index (κ1) is 17.1. The van der Waals surface area contributed by atoms with E-state index in [4.69, 9.17) is 11.6 Å². The van der Waals surface area contributed by atoms with Gasteiger partial charge in [-0.25, -0.2) is 0 Å². The molecule has 0 spiro atoms. The van der Waals surface area contributed by atoms with Gasteiger partial charge in [-0.2, -0.15) is 0 Å². The molecule has 2 saturated carbocycles. The number of fused-ring (bicyclic) bond motifs is 5. The molecule has 5 rings (SSSR count). The molecule has 2 aromatic rings. The highest BCUT2D eigenvalue weighted by Gasteiger charge is 2.57. The molecule has 138 valence electrons. The Bertz CT molecular complexity index is 957. The van der Waals surface area contributed by atoms with Crippen molar-refractivity contribution in [2.75, 3.05) is 0 Å². The van der Waals surface area contributed by atoms with Gasteiger partial charge in [-0.3, -0.25) is 4.79 Å². The van der Waals surface area contributed by atoms with E-state index >= 15 is 0 Å². The molecule has 1 N–H and O–H groups in total. The van der Waals surface area contributed by atoms with Crippen molar-refractivity contribution in [2.45, 2.75) is 32.6 Å². The summed E-state index contributed by atoms with van der Waals surface area (Å²) in [5.74, 6) is 1.58. The zero-order chi connectivity index (χ0) is 18.7. The van der Waals surface area contributed by atoms with E-state index in [9.17, 15) is 9.90 Å². The summed E-state index contributed by atoms with van der Waals surface area (Å²) in [6.45, 7) is 2.10. The summed E-state index contributed by atoms with van der Waals surface area (Å²) in [6.07, 6.45) is 4.25. The minimum absolute atomic E-state index is 0.0163. The third kappa shape index (κ3) is 2.50. The number of rotatable bonds is 3. The summed E-state index contributed by atoms with van der Waals surface area (Å²) in [4.78, 5) is 13.3. The van der Waals surface area contributed by atoms with Crippen LogP contribution in [0.1, 0.15) is 37.3 Å². The van der Waals surface area contributed by atoms with Crippen molar-refractivity contribution in [1.82, 2.24) is 0 Å². The van der Waals surface area contributed by atoms with Gasteiger partial charge in [-0.1, -0.05) is 42.8 Å². The Morgan fingerprint density at radius 3 is 2.33 bits per heavy atom. The Labute approximate surface area is 164 Å². The van der Waals surface area contributed by atoms with Crippen molar-refractivity contribution in [1.29, 1.82) is 0 Å². The summed E-state index contributed by atoms with van der Waals surface area (Å²) in [5, 5.41) is 11.8. The van der Waals surface area contributed by atoms with Crippen molar-refractivity contribution in [2.24, 2.45) is 23.7 Å². The maximum Gasteiger partial charge on any atom is 0.170 e. The predicted molar refractivity (Wildman–Crippen MR) is 109 cm³/mol. The SMILES string of the molecule is CCc1ccc(-c2ccc(Cl)cc2)cc1C1=C(O)[C@H]2[C@H]3CC[C@H](C3)[C@H]2C1=O. The highest BCUT2D eigenvalue weighted by atomic mass is 35.5. The van der Waals surface area contributed by atoms with Gasteiger partial charge < -0.3 is 5.11 Å². The molecule has 2 aromatic carbocycles. The van der Waals surface area contributed by atoms with Crippen molar-refractivity contribution in [3.63, 3.8) is 0 Å². The smallest absolute Gasteiger partial charge is 0.170 e.